The van der Waals surface area contributed by atoms with Gasteiger partial charge in [0, 0.05) is 12.1 Å². The summed E-state index contributed by atoms with van der Waals surface area (Å²) < 4.78 is 12.9. The second-order valence-corrected chi connectivity index (χ2v) is 10.4. The summed E-state index contributed by atoms with van der Waals surface area (Å²) >= 11 is 1.15. The molecule has 1 aromatic heterocycles. The van der Waals surface area contributed by atoms with Crippen LogP contribution in [-0.2, 0) is 14.3 Å². The molecule has 3 aromatic rings. The second-order valence-electron chi connectivity index (χ2n) is 9.46. The molecule has 2 aliphatic rings. The topological polar surface area (TPSA) is 90.2 Å². The van der Waals surface area contributed by atoms with Gasteiger partial charge in [-0.2, -0.15) is 0 Å². The zero-order chi connectivity index (χ0) is 27.8. The van der Waals surface area contributed by atoms with E-state index in [9.17, 15) is 14.4 Å². The molecule has 1 amide bonds. The summed E-state index contributed by atoms with van der Waals surface area (Å²) in [5.74, 6) is -0.130. The number of fused-ring (bicyclic) bond motifs is 2. The van der Waals surface area contributed by atoms with E-state index in [4.69, 9.17) is 9.47 Å². The van der Waals surface area contributed by atoms with Gasteiger partial charge >= 0.3 is 5.97 Å². The molecule has 8 nitrogen and oxygen atoms in total. The third-order valence-electron chi connectivity index (χ3n) is 6.53. The smallest absolute Gasteiger partial charge is 0.338 e. The Morgan fingerprint density at radius 3 is 2.54 bits per heavy atom. The Balaban J connectivity index is 1.77. The Hall–Kier alpha value is -4.24. The number of aromatic nitrogens is 1. The van der Waals surface area contributed by atoms with Crippen LogP contribution in [0.2, 0.25) is 0 Å². The van der Waals surface area contributed by atoms with Gasteiger partial charge in [0.1, 0.15) is 10.3 Å². The summed E-state index contributed by atoms with van der Waals surface area (Å²) in [4.78, 5) is 47.8. The Bertz CT molecular complexity index is 1700. The minimum atomic E-state index is -0.784. The molecule has 2 aliphatic heterocycles. The van der Waals surface area contributed by atoms with Gasteiger partial charge in [0.25, 0.3) is 11.5 Å². The van der Waals surface area contributed by atoms with Gasteiger partial charge in [0.05, 0.1) is 41.3 Å². The van der Waals surface area contributed by atoms with Gasteiger partial charge < -0.3 is 14.4 Å². The van der Waals surface area contributed by atoms with Crippen LogP contribution in [0.4, 0.5) is 5.69 Å². The van der Waals surface area contributed by atoms with Crippen molar-refractivity contribution in [1.82, 2.24) is 4.57 Å². The lowest BCUT2D eigenvalue weighted by Gasteiger charge is -2.25. The van der Waals surface area contributed by atoms with Crippen LogP contribution in [0.15, 0.2) is 82.2 Å². The van der Waals surface area contributed by atoms with Crippen LogP contribution in [-0.4, -0.2) is 35.7 Å². The van der Waals surface area contributed by atoms with Crippen LogP contribution < -0.4 is 24.5 Å². The average Bonchev–Trinajstić information content (AvgIpc) is 3.36. The molecule has 0 N–H and O–H groups in total. The van der Waals surface area contributed by atoms with Crippen molar-refractivity contribution in [3.63, 3.8) is 0 Å². The van der Waals surface area contributed by atoms with Crippen LogP contribution in [0.25, 0.3) is 5.57 Å². The highest BCUT2D eigenvalue weighted by atomic mass is 32.1. The highest BCUT2D eigenvalue weighted by Crippen LogP contribution is 2.36. The Labute approximate surface area is 229 Å². The fraction of sp³-hybridized carbons (Fsp3) is 0.267. The van der Waals surface area contributed by atoms with Gasteiger partial charge in [-0.05, 0) is 51.5 Å². The third kappa shape index (κ3) is 4.52. The lowest BCUT2D eigenvalue weighted by molar-refractivity contribution is -0.143. The maximum atomic E-state index is 14.2. The number of para-hydroxylation sites is 1. The van der Waals surface area contributed by atoms with E-state index < -0.39 is 17.6 Å². The van der Waals surface area contributed by atoms with Gasteiger partial charge in [-0.1, -0.05) is 47.7 Å². The number of allylic oxidation sites excluding steroid dienone is 1. The van der Waals surface area contributed by atoms with Gasteiger partial charge in [0.2, 0.25) is 0 Å². The number of carbonyl (C=O) groups is 2. The number of thiazole rings is 1. The maximum Gasteiger partial charge on any atom is 0.338 e. The Morgan fingerprint density at radius 2 is 1.87 bits per heavy atom. The van der Waals surface area contributed by atoms with Gasteiger partial charge in [-0.25, -0.2) is 9.79 Å². The summed E-state index contributed by atoms with van der Waals surface area (Å²) in [6, 6.07) is 13.9. The first kappa shape index (κ1) is 26.4. The van der Waals surface area contributed by atoms with Crippen LogP contribution >= 0.6 is 11.3 Å². The molecular weight excluding hydrogens is 514 g/mol. The van der Waals surface area contributed by atoms with Crippen molar-refractivity contribution in [3.8, 4) is 5.75 Å². The van der Waals surface area contributed by atoms with Crippen molar-refractivity contribution in [2.24, 2.45) is 4.99 Å². The number of hydrogen-bond donors (Lipinski definition) is 0. The molecule has 0 spiro atoms. The maximum absolute atomic E-state index is 14.2. The van der Waals surface area contributed by atoms with Crippen LogP contribution in [0, 0.1) is 0 Å². The highest BCUT2D eigenvalue weighted by Gasteiger charge is 2.37. The lowest BCUT2D eigenvalue weighted by Crippen LogP contribution is -2.41. The number of ether oxygens (including phenoxy) is 2. The quantitative estimate of drug-likeness (QED) is 0.336. The largest absolute Gasteiger partial charge is 0.494 e. The first-order valence-electron chi connectivity index (χ1n) is 12.8. The van der Waals surface area contributed by atoms with E-state index in [1.54, 1.807) is 31.7 Å². The minimum Gasteiger partial charge on any atom is -0.494 e. The van der Waals surface area contributed by atoms with Crippen molar-refractivity contribution in [2.75, 3.05) is 18.1 Å². The summed E-state index contributed by atoms with van der Waals surface area (Å²) in [6.07, 6.45) is 1.30. The fourth-order valence-corrected chi connectivity index (χ4v) is 6.09. The standard InChI is InChI=1S/C30H29N3O5S/c1-6-16-32-22-11-9-8-10-21(22)24(27(32)34)26-28(35)33-25(19-12-14-20(15-13-19)37-7-2)23(29(36)38-17(3)4)18(5)31-30(33)39-26/h6,8-15,17,25H,1,7,16H2,2-5H3/b26-24-/t25-/m0/s1. The number of nitrogens with zero attached hydrogens (tertiary/aromatic N) is 3. The molecule has 3 heterocycles. The number of amides is 1. The molecule has 0 saturated heterocycles. The van der Waals surface area contributed by atoms with E-state index >= 15 is 0 Å². The first-order chi connectivity index (χ1) is 18.8. The summed E-state index contributed by atoms with van der Waals surface area (Å²) in [5, 5.41) is 0. The number of rotatable bonds is 7. The first-order valence-corrected chi connectivity index (χ1v) is 13.6. The molecule has 2 aromatic carbocycles. The lowest BCUT2D eigenvalue weighted by atomic mass is 9.95. The molecule has 0 radical (unpaired) electrons. The second kappa shape index (κ2) is 10.5. The predicted octanol–water partition coefficient (Wildman–Crippen LogP) is 3.49. The molecule has 39 heavy (non-hydrogen) atoms. The molecule has 0 saturated carbocycles. The van der Waals surface area contributed by atoms with Crippen LogP contribution in [0.3, 0.4) is 0 Å². The van der Waals surface area contributed by atoms with Gasteiger partial charge in [-0.15, -0.1) is 6.58 Å². The monoisotopic (exact) mass is 543 g/mol. The van der Waals surface area contributed by atoms with Crippen LogP contribution in [0.1, 0.15) is 44.9 Å². The molecule has 200 valence electrons. The van der Waals surface area contributed by atoms with E-state index in [0.29, 0.717) is 46.1 Å². The SMILES string of the molecule is C=CCN1C(=O)/C(=c2\sc3n(c2=O)[C@@H](c2ccc(OCC)cc2)C(C(=O)OC(C)C)=C(C)N=3)c2ccccc21. The fourth-order valence-electron chi connectivity index (χ4n) is 4.95. The van der Waals surface area contributed by atoms with Crippen molar-refractivity contribution in [1.29, 1.82) is 0 Å². The number of benzene rings is 2. The molecule has 0 fully saturated rings. The molecule has 1 atom stereocenters. The zero-order valence-corrected chi connectivity index (χ0v) is 23.1. The molecule has 0 bridgehead atoms. The van der Waals surface area contributed by atoms with Crippen LogP contribution in [0.5, 0.6) is 5.75 Å². The van der Waals surface area contributed by atoms with Crippen molar-refractivity contribution < 1.29 is 19.1 Å². The molecule has 9 heteroatoms. The average molecular weight is 544 g/mol. The molecular formula is C30H29N3O5S. The number of anilines is 1. The summed E-state index contributed by atoms with van der Waals surface area (Å²) in [6.45, 7) is 11.8. The highest BCUT2D eigenvalue weighted by molar-refractivity contribution is 7.07. The van der Waals surface area contributed by atoms with E-state index in [1.807, 2.05) is 55.5 Å². The molecule has 5 rings (SSSR count). The van der Waals surface area contributed by atoms with Crippen molar-refractivity contribution >= 4 is 34.5 Å². The van der Waals surface area contributed by atoms with Gasteiger partial charge in [0.15, 0.2) is 4.80 Å². The van der Waals surface area contributed by atoms with Crippen molar-refractivity contribution in [3.05, 3.63) is 103 Å². The Kier molecular flexibility index (Phi) is 7.10. The Morgan fingerprint density at radius 1 is 1.15 bits per heavy atom. The summed E-state index contributed by atoms with van der Waals surface area (Å²) in [5.41, 5.74) is 2.79. The number of hydrogen-bond acceptors (Lipinski definition) is 7. The summed E-state index contributed by atoms with van der Waals surface area (Å²) in [7, 11) is 0. The van der Waals surface area contributed by atoms with E-state index in [2.05, 4.69) is 11.6 Å². The van der Waals surface area contributed by atoms with Gasteiger partial charge in [-0.3, -0.25) is 14.2 Å². The number of carbonyl (C=O) groups excluding carboxylic acids is 2. The number of esters is 1. The zero-order valence-electron chi connectivity index (χ0n) is 22.3. The third-order valence-corrected chi connectivity index (χ3v) is 7.58. The van der Waals surface area contributed by atoms with E-state index in [-0.39, 0.29) is 22.1 Å². The predicted molar refractivity (Wildman–Crippen MR) is 151 cm³/mol. The van der Waals surface area contributed by atoms with E-state index in [1.165, 1.54) is 4.57 Å². The minimum absolute atomic E-state index is 0.269. The van der Waals surface area contributed by atoms with Crippen molar-refractivity contribution in [2.45, 2.75) is 39.8 Å². The van der Waals surface area contributed by atoms with E-state index in [0.717, 1.165) is 17.0 Å². The normalized spacial score (nSPS) is 17.6. The molecule has 0 aliphatic carbocycles. The molecule has 0 unspecified atom stereocenters.